The molecule has 0 rings (SSSR count). The van der Waals surface area contributed by atoms with Gasteiger partial charge >= 0.3 is 5.97 Å². The quantitative estimate of drug-likeness (QED) is 0.321. The summed E-state index contributed by atoms with van der Waals surface area (Å²) in [5, 5.41) is 2.76. The largest absolute Gasteiger partial charge is 0.431 e. The van der Waals surface area contributed by atoms with Crippen molar-refractivity contribution >= 4 is 11.9 Å². The van der Waals surface area contributed by atoms with Crippen LogP contribution in [0.25, 0.3) is 0 Å². The van der Waals surface area contributed by atoms with E-state index in [4.69, 9.17) is 4.74 Å². The van der Waals surface area contributed by atoms with Crippen molar-refractivity contribution < 1.29 is 14.3 Å². The molecule has 1 amide bonds. The first-order valence-electron chi connectivity index (χ1n) is 6.90. The molecule has 1 N–H and O–H groups in total. The number of carbonyl (C=O) groups is 2. The molecule has 0 saturated carbocycles. The summed E-state index contributed by atoms with van der Waals surface area (Å²) in [6.45, 7) is 7.90. The molecule has 0 bridgehead atoms. The third-order valence-electron chi connectivity index (χ3n) is 2.25. The Hall–Kier alpha value is -1.84. The predicted molar refractivity (Wildman–Crippen MR) is 80.9 cm³/mol. The summed E-state index contributed by atoms with van der Waals surface area (Å²) in [6.07, 6.45) is 10.3. The third-order valence-corrected chi connectivity index (χ3v) is 2.25. The Morgan fingerprint density at radius 3 is 2.50 bits per heavy atom. The minimum atomic E-state index is -0.412. The van der Waals surface area contributed by atoms with Gasteiger partial charge in [0.05, 0.1) is 0 Å². The molecule has 0 atom stereocenters. The van der Waals surface area contributed by atoms with Crippen molar-refractivity contribution in [3.05, 3.63) is 36.1 Å². The molecule has 0 fully saturated rings. The van der Waals surface area contributed by atoms with Gasteiger partial charge in [0.2, 0.25) is 5.91 Å². The number of hydrogen-bond acceptors (Lipinski definition) is 3. The van der Waals surface area contributed by atoms with Crippen molar-refractivity contribution in [3.63, 3.8) is 0 Å². The van der Waals surface area contributed by atoms with Crippen LogP contribution in [0.5, 0.6) is 0 Å². The van der Waals surface area contributed by atoms with Gasteiger partial charge in [-0.15, -0.1) is 0 Å². The summed E-state index contributed by atoms with van der Waals surface area (Å²) in [5.74, 6) is 0.134. The normalized spacial score (nSPS) is 12.3. The average Bonchev–Trinajstić information content (AvgIpc) is 2.35. The van der Waals surface area contributed by atoms with Crippen LogP contribution in [0.3, 0.4) is 0 Å². The monoisotopic (exact) mass is 279 g/mol. The van der Waals surface area contributed by atoms with E-state index in [9.17, 15) is 9.59 Å². The topological polar surface area (TPSA) is 55.4 Å². The fraction of sp³-hybridized carbons (Fsp3) is 0.500. The lowest BCUT2D eigenvalue weighted by Crippen LogP contribution is -2.26. The number of rotatable bonds is 8. The van der Waals surface area contributed by atoms with Gasteiger partial charge in [0.1, 0.15) is 5.76 Å². The first-order chi connectivity index (χ1) is 9.45. The van der Waals surface area contributed by atoms with Gasteiger partial charge in [-0.3, -0.25) is 9.59 Å². The smallest absolute Gasteiger partial charge is 0.307 e. The van der Waals surface area contributed by atoms with E-state index in [1.165, 1.54) is 13.0 Å². The van der Waals surface area contributed by atoms with Gasteiger partial charge in [0.25, 0.3) is 0 Å². The molecule has 0 aromatic heterocycles. The van der Waals surface area contributed by atoms with Crippen molar-refractivity contribution in [1.82, 2.24) is 5.32 Å². The first kappa shape index (κ1) is 18.2. The van der Waals surface area contributed by atoms with E-state index in [0.29, 0.717) is 31.1 Å². The van der Waals surface area contributed by atoms with Gasteiger partial charge in [-0.25, -0.2) is 0 Å². The minimum absolute atomic E-state index is 0.229. The van der Waals surface area contributed by atoms with Gasteiger partial charge < -0.3 is 10.1 Å². The predicted octanol–water partition coefficient (Wildman–Crippen LogP) is 3.12. The number of nitrogens with one attached hydrogen (secondary N) is 1. The number of amides is 1. The van der Waals surface area contributed by atoms with Gasteiger partial charge in [-0.1, -0.05) is 38.2 Å². The Morgan fingerprint density at radius 1 is 1.25 bits per heavy atom. The summed E-state index contributed by atoms with van der Waals surface area (Å²) < 4.78 is 5.04. The van der Waals surface area contributed by atoms with Crippen molar-refractivity contribution in [2.45, 2.75) is 40.5 Å². The van der Waals surface area contributed by atoms with Crippen LogP contribution in [0.15, 0.2) is 36.1 Å². The molecule has 0 aliphatic rings. The molecule has 0 aromatic rings. The van der Waals surface area contributed by atoms with Gasteiger partial charge in [-0.2, -0.15) is 0 Å². The van der Waals surface area contributed by atoms with Gasteiger partial charge in [-0.05, 0) is 19.3 Å². The molecule has 4 nitrogen and oxygen atoms in total. The second kappa shape index (κ2) is 11.0. The molecule has 0 radical (unpaired) electrons. The van der Waals surface area contributed by atoms with E-state index in [1.807, 2.05) is 45.1 Å². The number of esters is 1. The summed E-state index contributed by atoms with van der Waals surface area (Å²) >= 11 is 0. The molecule has 0 aliphatic carbocycles. The highest BCUT2D eigenvalue weighted by molar-refractivity contribution is 5.88. The number of allylic oxidation sites excluding steroid dienone is 5. The zero-order valence-corrected chi connectivity index (χ0v) is 12.8. The Bertz CT molecular complexity index is 393. The summed E-state index contributed by atoms with van der Waals surface area (Å²) in [4.78, 5) is 22.7. The van der Waals surface area contributed by atoms with Crippen molar-refractivity contribution in [2.24, 2.45) is 5.92 Å². The van der Waals surface area contributed by atoms with Crippen LogP contribution >= 0.6 is 0 Å². The number of carbonyl (C=O) groups excluding carboxylic acids is 2. The number of ether oxygens (including phenoxy) is 1. The van der Waals surface area contributed by atoms with Crippen LogP contribution in [0.4, 0.5) is 0 Å². The van der Waals surface area contributed by atoms with E-state index in [-0.39, 0.29) is 5.91 Å². The third kappa shape index (κ3) is 11.3. The fourth-order valence-electron chi connectivity index (χ4n) is 1.35. The Labute approximate surface area is 121 Å². The second-order valence-electron chi connectivity index (χ2n) is 4.84. The number of hydrogen-bond donors (Lipinski definition) is 1. The maximum Gasteiger partial charge on any atom is 0.307 e. The highest BCUT2D eigenvalue weighted by Gasteiger charge is 2.06. The lowest BCUT2D eigenvalue weighted by Gasteiger charge is -2.08. The molecule has 4 heteroatoms. The Morgan fingerprint density at radius 2 is 1.95 bits per heavy atom. The molecule has 0 spiro atoms. The SMILES string of the molecule is C/C=C/C=C/CC/C(=C/C(=O)NCC(C)C)OC(C)=O. The maximum atomic E-state index is 11.7. The van der Waals surface area contributed by atoms with E-state index in [1.54, 1.807) is 0 Å². The molecule has 0 aromatic carbocycles. The fourth-order valence-corrected chi connectivity index (χ4v) is 1.35. The van der Waals surface area contributed by atoms with Gasteiger partial charge in [0.15, 0.2) is 0 Å². The second-order valence-corrected chi connectivity index (χ2v) is 4.84. The highest BCUT2D eigenvalue weighted by Crippen LogP contribution is 2.08. The first-order valence-corrected chi connectivity index (χ1v) is 6.90. The average molecular weight is 279 g/mol. The molecular formula is C16H25NO3. The van der Waals surface area contributed by atoms with Crippen LogP contribution in [0.2, 0.25) is 0 Å². The van der Waals surface area contributed by atoms with Crippen LogP contribution in [-0.4, -0.2) is 18.4 Å². The van der Waals surface area contributed by atoms with E-state index >= 15 is 0 Å². The van der Waals surface area contributed by atoms with Crippen molar-refractivity contribution in [2.75, 3.05) is 6.54 Å². The summed E-state index contributed by atoms with van der Waals surface area (Å²) in [5.41, 5.74) is 0. The van der Waals surface area contributed by atoms with Crippen molar-refractivity contribution in [3.8, 4) is 0 Å². The van der Waals surface area contributed by atoms with Crippen molar-refractivity contribution in [1.29, 1.82) is 0 Å². The lowest BCUT2D eigenvalue weighted by molar-refractivity contribution is -0.137. The zero-order valence-electron chi connectivity index (χ0n) is 12.8. The molecule has 112 valence electrons. The molecule has 0 aliphatic heterocycles. The standard InChI is InChI=1S/C16H25NO3/c1-5-6-7-8-9-10-15(20-14(4)18)11-16(19)17-12-13(2)3/h5-8,11,13H,9-10,12H2,1-4H3,(H,17,19)/b6-5+,8-7+,15-11-. The van der Waals surface area contributed by atoms with E-state index in [2.05, 4.69) is 5.32 Å². The minimum Gasteiger partial charge on any atom is -0.431 e. The summed E-state index contributed by atoms with van der Waals surface area (Å²) in [7, 11) is 0. The molecule has 0 heterocycles. The molecular weight excluding hydrogens is 254 g/mol. The lowest BCUT2D eigenvalue weighted by atomic mass is 10.2. The highest BCUT2D eigenvalue weighted by atomic mass is 16.5. The van der Waals surface area contributed by atoms with Crippen LogP contribution in [0.1, 0.15) is 40.5 Å². The van der Waals surface area contributed by atoms with E-state index in [0.717, 1.165) is 0 Å². The zero-order chi connectivity index (χ0) is 15.4. The summed E-state index contributed by atoms with van der Waals surface area (Å²) in [6, 6.07) is 0. The van der Waals surface area contributed by atoms with Gasteiger partial charge in [0, 0.05) is 26.0 Å². The maximum absolute atomic E-state index is 11.7. The molecule has 0 saturated heterocycles. The van der Waals surface area contributed by atoms with E-state index < -0.39 is 5.97 Å². The molecule has 20 heavy (non-hydrogen) atoms. The van der Waals surface area contributed by atoms with Crippen LogP contribution in [0, 0.1) is 5.92 Å². The van der Waals surface area contributed by atoms with Crippen LogP contribution < -0.4 is 5.32 Å². The van der Waals surface area contributed by atoms with Crippen LogP contribution in [-0.2, 0) is 14.3 Å². The molecule has 0 unspecified atom stereocenters. The Kier molecular flexibility index (Phi) is 10.0. The Balaban J connectivity index is 4.45.